The highest BCUT2D eigenvalue weighted by Crippen LogP contribution is 2.35. The summed E-state index contributed by atoms with van der Waals surface area (Å²) in [7, 11) is 0. The van der Waals surface area contributed by atoms with Crippen LogP contribution in [0.15, 0.2) is 72.1 Å². The fourth-order valence-electron chi connectivity index (χ4n) is 2.37. The Kier molecular flexibility index (Phi) is 5.06. The Morgan fingerprint density at radius 2 is 1.60 bits per heavy atom. The zero-order chi connectivity index (χ0) is 17.6. The lowest BCUT2D eigenvalue weighted by Gasteiger charge is -2.09. The van der Waals surface area contributed by atoms with Gasteiger partial charge in [0.25, 0.3) is 0 Å². The third-order valence-corrected chi connectivity index (χ3v) is 4.44. The van der Waals surface area contributed by atoms with Gasteiger partial charge in [0.15, 0.2) is 0 Å². The van der Waals surface area contributed by atoms with Crippen LogP contribution in [0.1, 0.15) is 15.9 Å². The van der Waals surface area contributed by atoms with Crippen LogP contribution >= 0.6 is 11.3 Å². The van der Waals surface area contributed by atoms with Crippen LogP contribution in [0.3, 0.4) is 0 Å². The number of amides is 1. The second kappa shape index (κ2) is 7.59. The van der Waals surface area contributed by atoms with Crippen molar-refractivity contribution in [2.45, 2.75) is 0 Å². The molecule has 0 spiro atoms. The number of nitrogens with one attached hydrogen (secondary N) is 1. The normalized spacial score (nSPS) is 10.7. The number of hydrogen-bond donors (Lipinski definition) is 1. The molecule has 3 aromatic rings. The minimum Gasteiger partial charge on any atom is -0.545 e. The molecule has 0 aliphatic carbocycles. The van der Waals surface area contributed by atoms with Gasteiger partial charge in [-0.3, -0.25) is 4.79 Å². The van der Waals surface area contributed by atoms with Crippen molar-refractivity contribution < 1.29 is 14.7 Å². The molecule has 0 bridgehead atoms. The van der Waals surface area contributed by atoms with Crippen LogP contribution in [0.5, 0.6) is 0 Å². The molecule has 25 heavy (non-hydrogen) atoms. The van der Waals surface area contributed by atoms with Crippen LogP contribution in [0.4, 0.5) is 5.00 Å². The van der Waals surface area contributed by atoms with Crippen LogP contribution in [-0.4, -0.2) is 11.9 Å². The maximum atomic E-state index is 12.1. The predicted octanol–water partition coefficient (Wildman–Crippen LogP) is 3.43. The number of hydrogen-bond acceptors (Lipinski definition) is 4. The van der Waals surface area contributed by atoms with Gasteiger partial charge in [-0.2, -0.15) is 0 Å². The van der Waals surface area contributed by atoms with Gasteiger partial charge < -0.3 is 15.2 Å². The summed E-state index contributed by atoms with van der Waals surface area (Å²) in [6.45, 7) is 0. The fraction of sp³-hybridized carbons (Fsp3) is 0. The molecular formula is C20H14NO3S-. The summed E-state index contributed by atoms with van der Waals surface area (Å²) >= 11 is 1.16. The molecule has 1 aromatic heterocycles. The Balaban J connectivity index is 1.83. The van der Waals surface area contributed by atoms with E-state index in [9.17, 15) is 14.7 Å². The first-order valence-electron chi connectivity index (χ1n) is 7.57. The van der Waals surface area contributed by atoms with Gasteiger partial charge in [0.1, 0.15) is 5.00 Å². The Morgan fingerprint density at radius 1 is 0.960 bits per heavy atom. The van der Waals surface area contributed by atoms with Crippen molar-refractivity contribution >= 4 is 34.3 Å². The van der Waals surface area contributed by atoms with E-state index in [1.165, 1.54) is 6.08 Å². The minimum absolute atomic E-state index is 0.00217. The van der Waals surface area contributed by atoms with Crippen LogP contribution in [0.25, 0.3) is 17.2 Å². The summed E-state index contributed by atoms with van der Waals surface area (Å²) in [5.41, 5.74) is 2.18. The maximum absolute atomic E-state index is 12.1. The van der Waals surface area contributed by atoms with E-state index in [2.05, 4.69) is 5.32 Å². The lowest BCUT2D eigenvalue weighted by molar-refractivity contribution is -0.254. The molecule has 0 aliphatic heterocycles. The highest BCUT2D eigenvalue weighted by atomic mass is 32.1. The van der Waals surface area contributed by atoms with Gasteiger partial charge in [-0.15, -0.1) is 11.3 Å². The van der Waals surface area contributed by atoms with Gasteiger partial charge in [0.2, 0.25) is 5.91 Å². The van der Waals surface area contributed by atoms with E-state index < -0.39 is 11.9 Å². The lowest BCUT2D eigenvalue weighted by atomic mass is 10.0. The topological polar surface area (TPSA) is 69.2 Å². The third-order valence-electron chi connectivity index (χ3n) is 3.54. The van der Waals surface area contributed by atoms with E-state index in [0.717, 1.165) is 22.5 Å². The molecule has 2 aromatic carbocycles. The van der Waals surface area contributed by atoms with Crippen molar-refractivity contribution in [3.63, 3.8) is 0 Å². The highest BCUT2D eigenvalue weighted by Gasteiger charge is 2.15. The van der Waals surface area contributed by atoms with Gasteiger partial charge in [-0.25, -0.2) is 0 Å². The Hall–Kier alpha value is -3.18. The zero-order valence-corrected chi connectivity index (χ0v) is 14.0. The third kappa shape index (κ3) is 4.02. The Morgan fingerprint density at radius 3 is 2.24 bits per heavy atom. The number of carbonyl (C=O) groups is 2. The average Bonchev–Trinajstić information content (AvgIpc) is 3.05. The van der Waals surface area contributed by atoms with Crippen LogP contribution in [0.2, 0.25) is 0 Å². The summed E-state index contributed by atoms with van der Waals surface area (Å²) in [6, 6.07) is 18.5. The Labute approximate surface area is 149 Å². The van der Waals surface area contributed by atoms with Gasteiger partial charge >= 0.3 is 0 Å². The number of anilines is 1. The minimum atomic E-state index is -1.32. The molecular weight excluding hydrogens is 334 g/mol. The van der Waals surface area contributed by atoms with Crippen molar-refractivity contribution in [2.75, 3.05) is 5.32 Å². The van der Waals surface area contributed by atoms with Crippen molar-refractivity contribution in [3.05, 3.63) is 83.2 Å². The second-order valence-electron chi connectivity index (χ2n) is 5.24. The van der Waals surface area contributed by atoms with E-state index in [1.807, 2.05) is 60.7 Å². The van der Waals surface area contributed by atoms with E-state index in [0.29, 0.717) is 5.56 Å². The van der Waals surface area contributed by atoms with Crippen LogP contribution in [-0.2, 0) is 4.79 Å². The smallest absolute Gasteiger partial charge is 0.249 e. The highest BCUT2D eigenvalue weighted by molar-refractivity contribution is 7.15. The largest absolute Gasteiger partial charge is 0.545 e. The van der Waals surface area contributed by atoms with Crippen LogP contribution < -0.4 is 10.4 Å². The molecule has 0 unspecified atom stereocenters. The number of benzene rings is 2. The molecule has 0 saturated heterocycles. The van der Waals surface area contributed by atoms with Gasteiger partial charge in [-0.1, -0.05) is 60.7 Å². The molecule has 124 valence electrons. The molecule has 1 N–H and O–H groups in total. The van der Waals surface area contributed by atoms with Crippen molar-refractivity contribution in [1.82, 2.24) is 0 Å². The van der Waals surface area contributed by atoms with E-state index in [4.69, 9.17) is 0 Å². The number of carbonyl (C=O) groups excluding carboxylic acids is 2. The molecule has 1 amide bonds. The van der Waals surface area contributed by atoms with Crippen molar-refractivity contribution in [3.8, 4) is 11.1 Å². The van der Waals surface area contributed by atoms with E-state index in [1.54, 1.807) is 11.5 Å². The summed E-state index contributed by atoms with van der Waals surface area (Å²) in [6.07, 6.45) is 3.04. The number of carboxylic acid groups (broad SMARTS) is 1. The second-order valence-corrected chi connectivity index (χ2v) is 6.12. The van der Waals surface area contributed by atoms with E-state index in [-0.39, 0.29) is 10.6 Å². The first kappa shape index (κ1) is 16.7. The van der Waals surface area contributed by atoms with Crippen molar-refractivity contribution in [1.29, 1.82) is 0 Å². The molecule has 5 heteroatoms. The van der Waals surface area contributed by atoms with Crippen molar-refractivity contribution in [2.24, 2.45) is 0 Å². The van der Waals surface area contributed by atoms with Gasteiger partial charge in [0, 0.05) is 22.6 Å². The predicted molar refractivity (Wildman–Crippen MR) is 98.2 cm³/mol. The standard InChI is InChI=1S/C20H15NO3S/c22-17(12-11-14-7-3-1-4-8-14)21-19-18(20(23)24)16(13-25-19)15-9-5-2-6-10-15/h1-13H,(H,21,22)(H,23,24)/p-1/b12-11+. The summed E-state index contributed by atoms with van der Waals surface area (Å²) in [5.74, 6) is -1.71. The zero-order valence-electron chi connectivity index (χ0n) is 13.1. The van der Waals surface area contributed by atoms with Gasteiger partial charge in [-0.05, 0) is 17.2 Å². The number of aromatic carboxylic acids is 1. The summed E-state index contributed by atoms with van der Waals surface area (Å²) in [5, 5.41) is 16.2. The number of rotatable bonds is 5. The van der Waals surface area contributed by atoms with E-state index >= 15 is 0 Å². The Bertz CT molecular complexity index is 915. The number of carboxylic acids is 1. The maximum Gasteiger partial charge on any atom is 0.249 e. The first-order chi connectivity index (χ1) is 12.1. The summed E-state index contributed by atoms with van der Waals surface area (Å²) < 4.78 is 0. The number of thiophene rings is 1. The molecule has 3 rings (SSSR count). The molecule has 4 nitrogen and oxygen atoms in total. The fourth-order valence-corrected chi connectivity index (χ4v) is 3.33. The SMILES string of the molecule is O=C(/C=C/c1ccccc1)Nc1scc(-c2ccccc2)c1C(=O)[O-]. The molecule has 0 aliphatic rings. The quantitative estimate of drug-likeness (QED) is 0.718. The average molecular weight is 348 g/mol. The first-order valence-corrected chi connectivity index (χ1v) is 8.45. The van der Waals surface area contributed by atoms with Crippen LogP contribution in [0, 0.1) is 0 Å². The lowest BCUT2D eigenvalue weighted by Crippen LogP contribution is -2.24. The monoisotopic (exact) mass is 348 g/mol. The molecule has 0 radical (unpaired) electrons. The molecule has 0 fully saturated rings. The molecule has 0 saturated carbocycles. The van der Waals surface area contributed by atoms with Gasteiger partial charge in [0.05, 0.1) is 5.97 Å². The molecule has 1 heterocycles. The summed E-state index contributed by atoms with van der Waals surface area (Å²) in [4.78, 5) is 23.7. The molecule has 0 atom stereocenters.